The van der Waals surface area contributed by atoms with Crippen LogP contribution in [0, 0.1) is 0 Å². The van der Waals surface area contributed by atoms with Crippen LogP contribution >= 0.6 is 0 Å². The monoisotopic (exact) mass is 223 g/mol. The zero-order chi connectivity index (χ0) is 11.7. The molecule has 2 unspecified atom stereocenters. The SMILES string of the molecule is Nc1ccncc1C(=O)N1CC(O)C(O)C1. The summed E-state index contributed by atoms with van der Waals surface area (Å²) in [5.74, 6) is -0.318. The number of aliphatic hydroxyl groups is 2. The fraction of sp³-hybridized carbons (Fsp3) is 0.400. The average Bonchev–Trinajstić information content (AvgIpc) is 2.59. The Morgan fingerprint density at radius 1 is 1.44 bits per heavy atom. The Kier molecular flexibility index (Phi) is 2.76. The van der Waals surface area contributed by atoms with E-state index in [1.165, 1.54) is 23.4 Å². The van der Waals surface area contributed by atoms with Crippen molar-refractivity contribution >= 4 is 11.6 Å². The first kappa shape index (κ1) is 10.8. The second-order valence-corrected chi connectivity index (χ2v) is 3.81. The van der Waals surface area contributed by atoms with Crippen molar-refractivity contribution in [2.24, 2.45) is 0 Å². The van der Waals surface area contributed by atoms with Crippen LogP contribution in [0.4, 0.5) is 5.69 Å². The standard InChI is InChI=1S/C10H13N3O3/c11-7-1-2-12-3-6(7)10(16)13-4-8(14)9(15)5-13/h1-3,8-9,14-15H,4-5H2,(H2,11,12). The molecule has 6 heteroatoms. The molecule has 0 bridgehead atoms. The summed E-state index contributed by atoms with van der Waals surface area (Å²) in [5, 5.41) is 18.7. The van der Waals surface area contributed by atoms with E-state index < -0.39 is 12.2 Å². The number of nitrogens with two attached hydrogens (primary N) is 1. The maximum absolute atomic E-state index is 11.9. The first-order valence-corrected chi connectivity index (χ1v) is 4.94. The maximum atomic E-state index is 11.9. The number of hydrogen-bond acceptors (Lipinski definition) is 5. The van der Waals surface area contributed by atoms with Gasteiger partial charge in [-0.05, 0) is 6.07 Å². The number of aliphatic hydroxyl groups excluding tert-OH is 2. The Morgan fingerprint density at radius 2 is 2.06 bits per heavy atom. The van der Waals surface area contributed by atoms with Gasteiger partial charge in [-0.1, -0.05) is 0 Å². The van der Waals surface area contributed by atoms with Crippen molar-refractivity contribution in [3.8, 4) is 0 Å². The van der Waals surface area contributed by atoms with Gasteiger partial charge in [0.1, 0.15) is 0 Å². The van der Waals surface area contributed by atoms with Gasteiger partial charge in [0.15, 0.2) is 0 Å². The summed E-state index contributed by atoms with van der Waals surface area (Å²) < 4.78 is 0. The van der Waals surface area contributed by atoms with Crippen molar-refractivity contribution in [3.63, 3.8) is 0 Å². The molecule has 1 saturated heterocycles. The Balaban J connectivity index is 2.18. The van der Waals surface area contributed by atoms with Gasteiger partial charge < -0.3 is 20.8 Å². The molecule has 86 valence electrons. The van der Waals surface area contributed by atoms with Crippen molar-refractivity contribution in [1.82, 2.24) is 9.88 Å². The van der Waals surface area contributed by atoms with Crippen molar-refractivity contribution < 1.29 is 15.0 Å². The molecule has 1 aliphatic rings. The van der Waals surface area contributed by atoms with Crippen LogP contribution in [0.25, 0.3) is 0 Å². The van der Waals surface area contributed by atoms with E-state index >= 15 is 0 Å². The lowest BCUT2D eigenvalue weighted by atomic mass is 10.2. The van der Waals surface area contributed by atoms with Crippen LogP contribution < -0.4 is 5.73 Å². The van der Waals surface area contributed by atoms with Gasteiger partial charge in [-0.2, -0.15) is 0 Å². The molecule has 1 aromatic heterocycles. The summed E-state index contributed by atoms with van der Waals surface area (Å²) in [6.45, 7) is 0.239. The summed E-state index contributed by atoms with van der Waals surface area (Å²) >= 11 is 0. The summed E-state index contributed by atoms with van der Waals surface area (Å²) in [5.41, 5.74) is 6.28. The number of amides is 1. The fourth-order valence-corrected chi connectivity index (χ4v) is 1.69. The number of rotatable bonds is 1. The molecule has 4 N–H and O–H groups in total. The smallest absolute Gasteiger partial charge is 0.257 e. The van der Waals surface area contributed by atoms with Crippen LogP contribution in [-0.2, 0) is 0 Å². The Hall–Kier alpha value is -1.66. The fourth-order valence-electron chi connectivity index (χ4n) is 1.69. The zero-order valence-electron chi connectivity index (χ0n) is 8.58. The molecular formula is C10H13N3O3. The zero-order valence-corrected chi connectivity index (χ0v) is 8.58. The highest BCUT2D eigenvalue weighted by Crippen LogP contribution is 2.17. The number of carbonyl (C=O) groups excluding carboxylic acids is 1. The lowest BCUT2D eigenvalue weighted by molar-refractivity contribution is 0.0572. The lowest BCUT2D eigenvalue weighted by Gasteiger charge is -2.15. The molecule has 1 amide bonds. The van der Waals surface area contributed by atoms with Crippen LogP contribution in [0.15, 0.2) is 18.5 Å². The summed E-state index contributed by atoms with van der Waals surface area (Å²) in [7, 11) is 0. The van der Waals surface area contributed by atoms with Crippen molar-refractivity contribution in [2.75, 3.05) is 18.8 Å². The van der Waals surface area contributed by atoms with Crippen LogP contribution in [0.5, 0.6) is 0 Å². The Morgan fingerprint density at radius 3 is 2.62 bits per heavy atom. The summed E-state index contributed by atoms with van der Waals surface area (Å²) in [4.78, 5) is 17.1. The molecule has 0 aromatic carbocycles. The predicted molar refractivity (Wildman–Crippen MR) is 56.6 cm³/mol. The van der Waals surface area contributed by atoms with Gasteiger partial charge in [-0.25, -0.2) is 0 Å². The number of carbonyl (C=O) groups is 1. The number of aromatic nitrogens is 1. The lowest BCUT2D eigenvalue weighted by Crippen LogP contribution is -2.30. The molecule has 0 saturated carbocycles. The van der Waals surface area contributed by atoms with Crippen LogP contribution in [0.3, 0.4) is 0 Å². The molecule has 1 fully saturated rings. The minimum Gasteiger partial charge on any atom is -0.398 e. The molecule has 1 aliphatic heterocycles. The molecule has 0 spiro atoms. The van der Waals surface area contributed by atoms with Gasteiger partial charge in [0.25, 0.3) is 5.91 Å². The van der Waals surface area contributed by atoms with Crippen LogP contribution in [-0.4, -0.2) is 51.3 Å². The number of anilines is 1. The molecule has 1 aromatic rings. The first-order valence-electron chi connectivity index (χ1n) is 4.94. The summed E-state index contributed by atoms with van der Waals surface area (Å²) in [6, 6.07) is 1.54. The number of nitrogens with zero attached hydrogens (tertiary/aromatic N) is 2. The third-order valence-electron chi connectivity index (χ3n) is 2.63. The third kappa shape index (κ3) is 1.84. The van der Waals surface area contributed by atoms with E-state index in [9.17, 15) is 15.0 Å². The molecule has 0 aliphatic carbocycles. The van der Waals surface area contributed by atoms with Crippen LogP contribution in [0.2, 0.25) is 0 Å². The number of β-amino-alcohol motifs (C(OH)–C–C–N with tert-alkyl or cyclic N) is 2. The van der Waals surface area contributed by atoms with Gasteiger partial charge in [0, 0.05) is 31.2 Å². The van der Waals surface area contributed by atoms with E-state index in [1.807, 2.05) is 0 Å². The topological polar surface area (TPSA) is 99.7 Å². The van der Waals surface area contributed by atoms with E-state index in [0.717, 1.165) is 0 Å². The minimum absolute atomic E-state index is 0.119. The van der Waals surface area contributed by atoms with E-state index in [0.29, 0.717) is 11.3 Å². The molecule has 2 heterocycles. The quantitative estimate of drug-likeness (QED) is 0.557. The maximum Gasteiger partial charge on any atom is 0.257 e. The van der Waals surface area contributed by atoms with Crippen molar-refractivity contribution in [2.45, 2.75) is 12.2 Å². The van der Waals surface area contributed by atoms with Gasteiger partial charge in [-0.15, -0.1) is 0 Å². The second-order valence-electron chi connectivity index (χ2n) is 3.81. The Bertz CT molecular complexity index is 400. The molecule has 6 nitrogen and oxygen atoms in total. The van der Waals surface area contributed by atoms with E-state index in [2.05, 4.69) is 4.98 Å². The van der Waals surface area contributed by atoms with E-state index in [4.69, 9.17) is 5.73 Å². The Labute approximate surface area is 92.3 Å². The molecule has 0 radical (unpaired) electrons. The summed E-state index contributed by atoms with van der Waals surface area (Å²) in [6.07, 6.45) is 1.11. The van der Waals surface area contributed by atoms with E-state index in [1.54, 1.807) is 0 Å². The number of likely N-dealkylation sites (tertiary alicyclic amines) is 1. The normalized spacial score (nSPS) is 24.8. The largest absolute Gasteiger partial charge is 0.398 e. The molecule has 2 atom stereocenters. The first-order chi connectivity index (χ1) is 7.59. The minimum atomic E-state index is -0.887. The molecular weight excluding hydrogens is 210 g/mol. The van der Waals surface area contributed by atoms with Gasteiger partial charge in [-0.3, -0.25) is 9.78 Å². The van der Waals surface area contributed by atoms with Gasteiger partial charge in [0.05, 0.1) is 17.8 Å². The average molecular weight is 223 g/mol. The second kappa shape index (κ2) is 4.07. The van der Waals surface area contributed by atoms with Gasteiger partial charge in [0.2, 0.25) is 0 Å². The number of nitrogen functional groups attached to an aromatic ring is 1. The predicted octanol–water partition coefficient (Wildman–Crippen LogP) is -1.16. The van der Waals surface area contributed by atoms with E-state index in [-0.39, 0.29) is 19.0 Å². The van der Waals surface area contributed by atoms with Crippen LogP contribution in [0.1, 0.15) is 10.4 Å². The number of hydrogen-bond donors (Lipinski definition) is 3. The third-order valence-corrected chi connectivity index (χ3v) is 2.63. The molecule has 2 rings (SSSR count). The molecule has 16 heavy (non-hydrogen) atoms. The van der Waals surface area contributed by atoms with Crippen molar-refractivity contribution in [1.29, 1.82) is 0 Å². The van der Waals surface area contributed by atoms with Crippen molar-refractivity contribution in [3.05, 3.63) is 24.0 Å². The number of pyridine rings is 1. The van der Waals surface area contributed by atoms with Gasteiger partial charge >= 0.3 is 0 Å². The highest BCUT2D eigenvalue weighted by Gasteiger charge is 2.33. The highest BCUT2D eigenvalue weighted by atomic mass is 16.3. The highest BCUT2D eigenvalue weighted by molar-refractivity contribution is 5.98.